The summed E-state index contributed by atoms with van der Waals surface area (Å²) in [7, 11) is 0. The summed E-state index contributed by atoms with van der Waals surface area (Å²) in [6, 6.07) is 8.13. The Morgan fingerprint density at radius 1 is 1.25 bits per heavy atom. The average Bonchev–Trinajstić information content (AvgIpc) is 2.82. The minimum Gasteiger partial charge on any atom is -0.379 e. The number of fused-ring (bicyclic) bond motifs is 1. The third-order valence-electron chi connectivity index (χ3n) is 3.22. The molecule has 1 N–H and O–H groups in total. The first-order valence-corrected chi connectivity index (χ1v) is 7.62. The topological polar surface area (TPSA) is 26.2 Å². The lowest BCUT2D eigenvalue weighted by Crippen LogP contribution is -2.22. The van der Waals surface area contributed by atoms with E-state index in [-0.39, 0.29) is 0 Å². The summed E-state index contributed by atoms with van der Waals surface area (Å²) in [6.07, 6.45) is 3.47. The largest absolute Gasteiger partial charge is 0.379 e. The monoisotopic (exact) mass is 294 g/mol. The van der Waals surface area contributed by atoms with E-state index in [0.29, 0.717) is 6.10 Å². The van der Waals surface area contributed by atoms with E-state index in [1.165, 1.54) is 5.39 Å². The predicted molar refractivity (Wildman–Crippen MR) is 85.5 cm³/mol. The van der Waals surface area contributed by atoms with E-state index < -0.39 is 0 Å². The zero-order chi connectivity index (χ0) is 14.4. The molecule has 0 unspecified atom stereocenters. The van der Waals surface area contributed by atoms with Crippen molar-refractivity contribution in [3.63, 3.8) is 0 Å². The van der Waals surface area contributed by atoms with Crippen molar-refractivity contribution in [1.29, 1.82) is 0 Å². The second-order valence-electron chi connectivity index (χ2n) is 5.21. The summed E-state index contributed by atoms with van der Waals surface area (Å²) < 4.78 is 7.71. The zero-order valence-electron chi connectivity index (χ0n) is 12.2. The van der Waals surface area contributed by atoms with E-state index in [2.05, 4.69) is 42.1 Å². The van der Waals surface area contributed by atoms with Crippen molar-refractivity contribution in [2.24, 2.45) is 0 Å². The Balaban J connectivity index is 1.74. The lowest BCUT2D eigenvalue weighted by Gasteiger charge is -2.09. The van der Waals surface area contributed by atoms with E-state index in [0.717, 1.165) is 43.2 Å². The molecule has 0 aliphatic rings. The third-order valence-corrected chi connectivity index (χ3v) is 3.52. The van der Waals surface area contributed by atoms with Gasteiger partial charge in [-0.1, -0.05) is 23.7 Å². The van der Waals surface area contributed by atoms with Crippen LogP contribution in [-0.2, 0) is 11.3 Å². The van der Waals surface area contributed by atoms with Gasteiger partial charge in [-0.25, -0.2) is 0 Å². The highest BCUT2D eigenvalue weighted by molar-refractivity contribution is 6.35. The maximum Gasteiger partial charge on any atom is 0.0670 e. The van der Waals surface area contributed by atoms with Crippen LogP contribution in [0.5, 0.6) is 0 Å². The lowest BCUT2D eigenvalue weighted by molar-refractivity contribution is 0.0771. The molecule has 20 heavy (non-hydrogen) atoms. The van der Waals surface area contributed by atoms with Crippen molar-refractivity contribution in [2.75, 3.05) is 19.7 Å². The van der Waals surface area contributed by atoms with Gasteiger partial charge in [0.25, 0.3) is 0 Å². The highest BCUT2D eigenvalue weighted by Crippen LogP contribution is 2.23. The first-order valence-electron chi connectivity index (χ1n) is 7.24. The maximum absolute atomic E-state index is 6.26. The Bertz CT molecular complexity index is 536. The summed E-state index contributed by atoms with van der Waals surface area (Å²) in [5.74, 6) is 0. The van der Waals surface area contributed by atoms with Crippen LogP contribution in [0, 0.1) is 0 Å². The summed E-state index contributed by atoms with van der Waals surface area (Å²) in [4.78, 5) is 0. The predicted octanol–water partition coefficient (Wildman–Crippen LogP) is 3.70. The first-order chi connectivity index (χ1) is 9.68. The van der Waals surface area contributed by atoms with E-state index in [1.54, 1.807) is 0 Å². The second kappa shape index (κ2) is 7.67. The Labute approximate surface area is 125 Å². The van der Waals surface area contributed by atoms with Crippen molar-refractivity contribution < 1.29 is 4.74 Å². The molecular weight excluding hydrogens is 272 g/mol. The molecule has 0 aliphatic heterocycles. The number of aromatic nitrogens is 1. The third kappa shape index (κ3) is 4.23. The molecule has 0 amide bonds. The van der Waals surface area contributed by atoms with Crippen molar-refractivity contribution in [2.45, 2.75) is 32.9 Å². The Morgan fingerprint density at radius 3 is 2.90 bits per heavy atom. The molecule has 1 aromatic heterocycles. The molecule has 1 aromatic carbocycles. The van der Waals surface area contributed by atoms with Crippen molar-refractivity contribution in [3.8, 4) is 0 Å². The van der Waals surface area contributed by atoms with E-state index >= 15 is 0 Å². The normalized spacial score (nSPS) is 11.6. The smallest absolute Gasteiger partial charge is 0.0670 e. The van der Waals surface area contributed by atoms with Gasteiger partial charge in [-0.15, -0.1) is 0 Å². The van der Waals surface area contributed by atoms with Crippen LogP contribution in [0.1, 0.15) is 20.3 Å². The molecule has 0 saturated heterocycles. The minimum atomic E-state index is 0.323. The Morgan fingerprint density at radius 2 is 2.10 bits per heavy atom. The van der Waals surface area contributed by atoms with Crippen LogP contribution in [-0.4, -0.2) is 30.4 Å². The molecule has 110 valence electrons. The fourth-order valence-electron chi connectivity index (χ4n) is 2.24. The molecule has 3 nitrogen and oxygen atoms in total. The fraction of sp³-hybridized carbons (Fsp3) is 0.500. The molecular formula is C16H23ClN2O. The van der Waals surface area contributed by atoms with Gasteiger partial charge < -0.3 is 14.6 Å². The molecule has 0 spiro atoms. The summed E-state index contributed by atoms with van der Waals surface area (Å²) in [5, 5.41) is 5.45. The van der Waals surface area contributed by atoms with Gasteiger partial charge in [-0.3, -0.25) is 0 Å². The van der Waals surface area contributed by atoms with Gasteiger partial charge in [0, 0.05) is 31.3 Å². The molecule has 4 heteroatoms. The van der Waals surface area contributed by atoms with Crippen molar-refractivity contribution >= 4 is 22.5 Å². The number of hydrogen-bond donors (Lipinski definition) is 1. The van der Waals surface area contributed by atoms with Crippen LogP contribution in [0.25, 0.3) is 10.9 Å². The van der Waals surface area contributed by atoms with Crippen molar-refractivity contribution in [3.05, 3.63) is 35.5 Å². The number of halogens is 1. The average molecular weight is 295 g/mol. The maximum atomic E-state index is 6.26. The lowest BCUT2D eigenvalue weighted by atomic mass is 10.2. The second-order valence-corrected chi connectivity index (χ2v) is 5.62. The van der Waals surface area contributed by atoms with Crippen LogP contribution in [0.3, 0.4) is 0 Å². The molecule has 2 aromatic rings. The number of hydrogen-bond acceptors (Lipinski definition) is 2. The standard InChI is InChI=1S/C16H23ClN2O/c1-13(2)20-12-4-8-18-9-11-19-10-7-14-5-3-6-15(17)16(14)19/h3,5-7,10,13,18H,4,8-9,11-12H2,1-2H3. The van der Waals surface area contributed by atoms with Crippen molar-refractivity contribution in [1.82, 2.24) is 9.88 Å². The van der Waals surface area contributed by atoms with Crippen LogP contribution in [0.4, 0.5) is 0 Å². The Kier molecular flexibility index (Phi) is 5.89. The first kappa shape index (κ1) is 15.4. The van der Waals surface area contributed by atoms with Crippen LogP contribution >= 0.6 is 11.6 Å². The van der Waals surface area contributed by atoms with Gasteiger partial charge >= 0.3 is 0 Å². The summed E-state index contributed by atoms with van der Waals surface area (Å²) in [6.45, 7) is 7.81. The van der Waals surface area contributed by atoms with E-state index in [4.69, 9.17) is 16.3 Å². The highest BCUT2D eigenvalue weighted by Gasteiger charge is 2.04. The van der Waals surface area contributed by atoms with Gasteiger partial charge in [0.05, 0.1) is 16.6 Å². The van der Waals surface area contributed by atoms with E-state index in [9.17, 15) is 0 Å². The molecule has 0 saturated carbocycles. The van der Waals surface area contributed by atoms with Crippen LogP contribution < -0.4 is 5.32 Å². The van der Waals surface area contributed by atoms with Gasteiger partial charge in [-0.2, -0.15) is 0 Å². The number of para-hydroxylation sites is 1. The number of nitrogens with one attached hydrogen (secondary N) is 1. The van der Waals surface area contributed by atoms with Gasteiger partial charge in [-0.05, 0) is 38.9 Å². The van der Waals surface area contributed by atoms with Gasteiger partial charge in [0.1, 0.15) is 0 Å². The SMILES string of the molecule is CC(C)OCCCNCCn1ccc2cccc(Cl)c21. The number of nitrogens with zero attached hydrogens (tertiary/aromatic N) is 1. The summed E-state index contributed by atoms with van der Waals surface area (Å²) >= 11 is 6.26. The molecule has 0 atom stereocenters. The minimum absolute atomic E-state index is 0.323. The zero-order valence-corrected chi connectivity index (χ0v) is 13.0. The molecule has 0 radical (unpaired) electrons. The Hall–Kier alpha value is -1.03. The fourth-order valence-corrected chi connectivity index (χ4v) is 2.53. The number of ether oxygens (including phenoxy) is 1. The van der Waals surface area contributed by atoms with E-state index in [1.807, 2.05) is 12.1 Å². The quantitative estimate of drug-likeness (QED) is 0.751. The number of benzene rings is 1. The van der Waals surface area contributed by atoms with Crippen LogP contribution in [0.15, 0.2) is 30.5 Å². The highest BCUT2D eigenvalue weighted by atomic mass is 35.5. The molecule has 0 bridgehead atoms. The molecule has 0 aliphatic carbocycles. The molecule has 2 rings (SSSR count). The van der Waals surface area contributed by atoms with Crippen LogP contribution in [0.2, 0.25) is 5.02 Å². The van der Waals surface area contributed by atoms with Gasteiger partial charge in [0.2, 0.25) is 0 Å². The molecule has 1 heterocycles. The number of rotatable bonds is 8. The molecule has 0 fully saturated rings. The summed E-state index contributed by atoms with van der Waals surface area (Å²) in [5.41, 5.74) is 1.12. The van der Waals surface area contributed by atoms with Gasteiger partial charge in [0.15, 0.2) is 0 Å².